The third kappa shape index (κ3) is 2.38. The molecule has 0 aliphatic carbocycles. The van der Waals surface area contributed by atoms with Crippen molar-refractivity contribution in [2.45, 2.75) is 27.0 Å². The summed E-state index contributed by atoms with van der Waals surface area (Å²) in [7, 11) is 0. The van der Waals surface area contributed by atoms with Gasteiger partial charge in [0.05, 0.1) is 17.6 Å². The number of hydrogen-bond acceptors (Lipinski definition) is 3. The largest absolute Gasteiger partial charge is 0.494 e. The van der Waals surface area contributed by atoms with Crippen molar-refractivity contribution in [3.63, 3.8) is 0 Å². The first-order chi connectivity index (χ1) is 8.65. The van der Waals surface area contributed by atoms with Gasteiger partial charge in [0.25, 0.3) is 0 Å². The van der Waals surface area contributed by atoms with Crippen LogP contribution in [0.15, 0.2) is 30.4 Å². The minimum Gasteiger partial charge on any atom is -0.494 e. The molecule has 1 N–H and O–H groups in total. The Kier molecular flexibility index (Phi) is 3.67. The first-order valence-electron chi connectivity index (χ1n) is 6.03. The van der Waals surface area contributed by atoms with Crippen molar-refractivity contribution >= 4 is 11.0 Å². The number of nitrogens with zero attached hydrogens (tertiary/aromatic N) is 2. The van der Waals surface area contributed by atoms with E-state index in [-0.39, 0.29) is 6.61 Å². The third-order valence-corrected chi connectivity index (χ3v) is 2.68. The molecular weight excluding hydrogens is 228 g/mol. The normalized spacial score (nSPS) is 10.8. The van der Waals surface area contributed by atoms with Crippen LogP contribution in [0.5, 0.6) is 5.75 Å². The minimum atomic E-state index is -0.0775. The summed E-state index contributed by atoms with van der Waals surface area (Å²) in [6.07, 6.45) is 0. The summed E-state index contributed by atoms with van der Waals surface area (Å²) in [4.78, 5) is 4.42. The molecule has 0 spiro atoms. The van der Waals surface area contributed by atoms with Gasteiger partial charge in [-0.15, -0.1) is 0 Å². The van der Waals surface area contributed by atoms with Gasteiger partial charge in [-0.25, -0.2) is 4.98 Å². The summed E-state index contributed by atoms with van der Waals surface area (Å²) in [5.74, 6) is 1.45. The molecule has 4 heteroatoms. The molecule has 1 aromatic carbocycles. The molecule has 2 rings (SSSR count). The fraction of sp³-hybridized carbons (Fsp3) is 0.357. The van der Waals surface area contributed by atoms with Crippen LogP contribution in [0.4, 0.5) is 0 Å². The summed E-state index contributed by atoms with van der Waals surface area (Å²) >= 11 is 0. The quantitative estimate of drug-likeness (QED) is 0.824. The Hall–Kier alpha value is -1.81. The maximum Gasteiger partial charge on any atom is 0.136 e. The van der Waals surface area contributed by atoms with Crippen LogP contribution in [0.1, 0.15) is 19.7 Å². The van der Waals surface area contributed by atoms with Gasteiger partial charge in [0, 0.05) is 12.6 Å². The molecule has 0 bridgehead atoms. The smallest absolute Gasteiger partial charge is 0.136 e. The monoisotopic (exact) mass is 246 g/mol. The summed E-state index contributed by atoms with van der Waals surface area (Å²) in [6, 6.07) is 5.78. The zero-order valence-corrected chi connectivity index (χ0v) is 10.8. The average Bonchev–Trinajstić information content (AvgIpc) is 2.66. The molecule has 4 nitrogen and oxygen atoms in total. The van der Waals surface area contributed by atoms with Crippen LogP contribution in [-0.4, -0.2) is 21.3 Å². The number of rotatable bonds is 5. The molecule has 0 atom stereocenters. The van der Waals surface area contributed by atoms with Gasteiger partial charge in [-0.2, -0.15) is 0 Å². The number of aliphatic hydroxyl groups is 1. The number of imidazole rings is 1. The molecule has 0 amide bonds. The van der Waals surface area contributed by atoms with Crippen molar-refractivity contribution in [3.8, 4) is 5.75 Å². The number of ether oxygens (including phenoxy) is 1. The van der Waals surface area contributed by atoms with E-state index in [0.29, 0.717) is 19.0 Å². The maximum absolute atomic E-state index is 9.36. The lowest BCUT2D eigenvalue weighted by atomic mass is 10.3. The Labute approximate surface area is 107 Å². The molecule has 0 saturated carbocycles. The highest BCUT2D eigenvalue weighted by atomic mass is 16.5. The summed E-state index contributed by atoms with van der Waals surface area (Å²) in [5.41, 5.74) is 2.86. The second kappa shape index (κ2) is 5.23. The van der Waals surface area contributed by atoms with Crippen LogP contribution in [0.3, 0.4) is 0 Å². The van der Waals surface area contributed by atoms with E-state index in [1.807, 2.05) is 36.6 Å². The van der Waals surface area contributed by atoms with Crippen LogP contribution < -0.4 is 4.74 Å². The minimum absolute atomic E-state index is 0.0775. The number of allylic oxidation sites excluding steroid dienone is 1. The Morgan fingerprint density at radius 1 is 1.50 bits per heavy atom. The molecule has 2 aromatic rings. The first-order valence-corrected chi connectivity index (χ1v) is 6.03. The summed E-state index contributed by atoms with van der Waals surface area (Å²) < 4.78 is 7.43. The van der Waals surface area contributed by atoms with Gasteiger partial charge in [0.15, 0.2) is 0 Å². The van der Waals surface area contributed by atoms with Crippen molar-refractivity contribution < 1.29 is 9.84 Å². The SMILES string of the molecule is C=C(C)Cn1c(CO)nc2cc(OCC)ccc21. The number of aliphatic hydroxyl groups excluding tert-OH is 1. The Morgan fingerprint density at radius 3 is 2.89 bits per heavy atom. The van der Waals surface area contributed by atoms with E-state index in [9.17, 15) is 5.11 Å². The Balaban J connectivity index is 2.51. The zero-order chi connectivity index (χ0) is 13.1. The van der Waals surface area contributed by atoms with Crippen LogP contribution in [0.2, 0.25) is 0 Å². The topological polar surface area (TPSA) is 47.3 Å². The molecule has 0 aliphatic rings. The van der Waals surface area contributed by atoms with Crippen molar-refractivity contribution in [1.82, 2.24) is 9.55 Å². The van der Waals surface area contributed by atoms with Gasteiger partial charge in [-0.3, -0.25) is 0 Å². The van der Waals surface area contributed by atoms with E-state index >= 15 is 0 Å². The van der Waals surface area contributed by atoms with E-state index in [1.54, 1.807) is 0 Å². The fourth-order valence-corrected chi connectivity index (χ4v) is 1.98. The maximum atomic E-state index is 9.36. The Morgan fingerprint density at radius 2 is 2.28 bits per heavy atom. The number of benzene rings is 1. The highest BCUT2D eigenvalue weighted by Gasteiger charge is 2.10. The Bertz CT molecular complexity index is 572. The molecule has 0 unspecified atom stereocenters. The zero-order valence-electron chi connectivity index (χ0n) is 10.8. The lowest BCUT2D eigenvalue weighted by Crippen LogP contribution is -2.04. The van der Waals surface area contributed by atoms with E-state index in [2.05, 4.69) is 11.6 Å². The number of hydrogen-bond donors (Lipinski definition) is 1. The second-order valence-electron chi connectivity index (χ2n) is 4.31. The first kappa shape index (κ1) is 12.6. The molecule has 0 radical (unpaired) electrons. The van der Waals surface area contributed by atoms with Gasteiger partial charge in [-0.05, 0) is 26.0 Å². The fourth-order valence-electron chi connectivity index (χ4n) is 1.98. The molecule has 96 valence electrons. The lowest BCUT2D eigenvalue weighted by molar-refractivity contribution is 0.267. The van der Waals surface area contributed by atoms with Crippen LogP contribution in [-0.2, 0) is 13.2 Å². The number of aromatic nitrogens is 2. The highest BCUT2D eigenvalue weighted by Crippen LogP contribution is 2.22. The molecule has 1 heterocycles. The van der Waals surface area contributed by atoms with Gasteiger partial charge in [0.2, 0.25) is 0 Å². The lowest BCUT2D eigenvalue weighted by Gasteiger charge is -2.07. The predicted molar refractivity (Wildman–Crippen MR) is 71.6 cm³/mol. The van der Waals surface area contributed by atoms with Crippen LogP contribution >= 0.6 is 0 Å². The van der Waals surface area contributed by atoms with Crippen molar-refractivity contribution in [2.75, 3.05) is 6.61 Å². The molecule has 18 heavy (non-hydrogen) atoms. The second-order valence-corrected chi connectivity index (χ2v) is 4.31. The van der Waals surface area contributed by atoms with E-state index < -0.39 is 0 Å². The van der Waals surface area contributed by atoms with Gasteiger partial charge >= 0.3 is 0 Å². The average molecular weight is 246 g/mol. The van der Waals surface area contributed by atoms with Crippen molar-refractivity contribution in [1.29, 1.82) is 0 Å². The van der Waals surface area contributed by atoms with Crippen molar-refractivity contribution in [3.05, 3.63) is 36.2 Å². The van der Waals surface area contributed by atoms with Gasteiger partial charge < -0.3 is 14.4 Å². The molecule has 0 fully saturated rings. The third-order valence-electron chi connectivity index (χ3n) is 2.68. The number of fused-ring (bicyclic) bond motifs is 1. The highest BCUT2D eigenvalue weighted by molar-refractivity contribution is 5.78. The van der Waals surface area contributed by atoms with Gasteiger partial charge in [0.1, 0.15) is 18.2 Å². The summed E-state index contributed by atoms with van der Waals surface area (Å²) in [6.45, 7) is 9.03. The molecule has 0 aliphatic heterocycles. The summed E-state index contributed by atoms with van der Waals surface area (Å²) in [5, 5.41) is 9.36. The van der Waals surface area contributed by atoms with Crippen LogP contribution in [0.25, 0.3) is 11.0 Å². The van der Waals surface area contributed by atoms with Crippen LogP contribution in [0, 0.1) is 0 Å². The van der Waals surface area contributed by atoms with Gasteiger partial charge in [-0.1, -0.05) is 12.2 Å². The standard InChI is InChI=1S/C14H18N2O2/c1-4-18-11-5-6-13-12(7-11)15-14(9-17)16(13)8-10(2)3/h5-7,17H,2,4,8-9H2,1,3H3. The molecule has 1 aromatic heterocycles. The molecular formula is C14H18N2O2. The molecule has 0 saturated heterocycles. The van der Waals surface area contributed by atoms with E-state index in [1.165, 1.54) is 0 Å². The van der Waals surface area contributed by atoms with E-state index in [0.717, 1.165) is 22.4 Å². The predicted octanol–water partition coefficient (Wildman–Crippen LogP) is 2.50. The van der Waals surface area contributed by atoms with E-state index in [4.69, 9.17) is 4.74 Å². The van der Waals surface area contributed by atoms with Crippen molar-refractivity contribution in [2.24, 2.45) is 0 Å².